The van der Waals surface area contributed by atoms with Crippen LogP contribution in [0.1, 0.15) is 37.0 Å². The van der Waals surface area contributed by atoms with E-state index in [2.05, 4.69) is 5.32 Å². The fourth-order valence-electron chi connectivity index (χ4n) is 1.94. The van der Waals surface area contributed by atoms with Gasteiger partial charge in [-0.25, -0.2) is 0 Å². The highest BCUT2D eigenvalue weighted by Crippen LogP contribution is 2.28. The fraction of sp³-hybridized carbons (Fsp3) is 0.500. The van der Waals surface area contributed by atoms with E-state index in [-0.39, 0.29) is 16.7 Å². The number of aromatic hydroxyl groups is 2. The average molecular weight is 266 g/mol. The molecule has 0 fully saturated rings. The Balaban J connectivity index is 2.78. The predicted octanol–water partition coefficient (Wildman–Crippen LogP) is 1.59. The molecule has 5 heteroatoms. The van der Waals surface area contributed by atoms with Crippen molar-refractivity contribution in [2.24, 2.45) is 11.1 Å². The molecule has 0 aliphatic carbocycles. The number of hydrogen-bond donors (Lipinski definition) is 4. The molecule has 0 aliphatic rings. The maximum Gasteiger partial charge on any atom is 0.255 e. The first-order valence-corrected chi connectivity index (χ1v) is 6.49. The Kier molecular flexibility index (Phi) is 5.18. The predicted molar refractivity (Wildman–Crippen MR) is 74.2 cm³/mol. The van der Waals surface area contributed by atoms with E-state index in [1.165, 1.54) is 18.2 Å². The second-order valence-electron chi connectivity index (χ2n) is 4.77. The summed E-state index contributed by atoms with van der Waals surface area (Å²) in [6.07, 6.45) is 1.73. The van der Waals surface area contributed by atoms with Gasteiger partial charge in [0.1, 0.15) is 0 Å². The molecule has 0 atom stereocenters. The SMILES string of the molecule is CCC(CC)(CN)CNC(=O)c1cccc(O)c1O. The van der Waals surface area contributed by atoms with Gasteiger partial charge in [0.2, 0.25) is 0 Å². The van der Waals surface area contributed by atoms with E-state index < -0.39 is 11.7 Å². The summed E-state index contributed by atoms with van der Waals surface area (Å²) < 4.78 is 0. The van der Waals surface area contributed by atoms with Crippen LogP contribution in [0.25, 0.3) is 0 Å². The lowest BCUT2D eigenvalue weighted by Gasteiger charge is -2.30. The lowest BCUT2D eigenvalue weighted by Crippen LogP contribution is -2.41. The largest absolute Gasteiger partial charge is 0.504 e. The van der Waals surface area contributed by atoms with Gasteiger partial charge >= 0.3 is 0 Å². The molecule has 1 aromatic carbocycles. The zero-order chi connectivity index (χ0) is 14.5. The van der Waals surface area contributed by atoms with Crippen molar-refractivity contribution in [3.8, 4) is 11.5 Å². The lowest BCUT2D eigenvalue weighted by molar-refractivity contribution is 0.0924. The molecule has 106 valence electrons. The Bertz CT molecular complexity index is 434. The van der Waals surface area contributed by atoms with Gasteiger partial charge in [-0.15, -0.1) is 0 Å². The summed E-state index contributed by atoms with van der Waals surface area (Å²) in [7, 11) is 0. The van der Waals surface area contributed by atoms with E-state index in [0.717, 1.165) is 12.8 Å². The summed E-state index contributed by atoms with van der Waals surface area (Å²) in [5.41, 5.74) is 5.71. The molecule has 0 radical (unpaired) electrons. The highest BCUT2D eigenvalue weighted by molar-refractivity contribution is 5.97. The quantitative estimate of drug-likeness (QED) is 0.588. The summed E-state index contributed by atoms with van der Waals surface area (Å²) in [5, 5.41) is 21.8. The van der Waals surface area contributed by atoms with Crippen molar-refractivity contribution in [2.75, 3.05) is 13.1 Å². The summed E-state index contributed by atoms with van der Waals surface area (Å²) in [6, 6.07) is 4.31. The number of carbonyl (C=O) groups excluding carboxylic acids is 1. The minimum absolute atomic E-state index is 0.0677. The molecule has 5 N–H and O–H groups in total. The molecule has 0 spiro atoms. The molecule has 0 aromatic heterocycles. The number of amides is 1. The number of benzene rings is 1. The molecule has 19 heavy (non-hydrogen) atoms. The van der Waals surface area contributed by atoms with Crippen LogP contribution in [0.3, 0.4) is 0 Å². The van der Waals surface area contributed by atoms with E-state index in [4.69, 9.17) is 5.73 Å². The minimum Gasteiger partial charge on any atom is -0.504 e. The fourth-order valence-corrected chi connectivity index (χ4v) is 1.94. The number of para-hydroxylation sites is 1. The Morgan fingerprint density at radius 1 is 1.32 bits per heavy atom. The van der Waals surface area contributed by atoms with Gasteiger partial charge in [0, 0.05) is 6.54 Å². The summed E-state index contributed by atoms with van der Waals surface area (Å²) >= 11 is 0. The molecule has 5 nitrogen and oxygen atoms in total. The zero-order valence-corrected chi connectivity index (χ0v) is 11.4. The Morgan fingerprint density at radius 3 is 2.47 bits per heavy atom. The van der Waals surface area contributed by atoms with Crippen molar-refractivity contribution in [2.45, 2.75) is 26.7 Å². The van der Waals surface area contributed by atoms with Crippen LogP contribution in [0.15, 0.2) is 18.2 Å². The van der Waals surface area contributed by atoms with Gasteiger partial charge in [-0.1, -0.05) is 19.9 Å². The maximum absolute atomic E-state index is 12.0. The van der Waals surface area contributed by atoms with Crippen LogP contribution in [0, 0.1) is 5.41 Å². The molecule has 0 heterocycles. The Hall–Kier alpha value is -1.75. The molecule has 0 saturated heterocycles. The van der Waals surface area contributed by atoms with Crippen molar-refractivity contribution in [1.82, 2.24) is 5.32 Å². The van der Waals surface area contributed by atoms with Gasteiger partial charge < -0.3 is 21.3 Å². The monoisotopic (exact) mass is 266 g/mol. The third kappa shape index (κ3) is 3.38. The third-order valence-corrected chi connectivity index (χ3v) is 3.82. The van der Waals surface area contributed by atoms with Crippen molar-refractivity contribution in [1.29, 1.82) is 0 Å². The first kappa shape index (κ1) is 15.3. The first-order chi connectivity index (χ1) is 8.99. The number of nitrogens with one attached hydrogen (secondary N) is 1. The molecule has 0 unspecified atom stereocenters. The zero-order valence-electron chi connectivity index (χ0n) is 11.4. The third-order valence-electron chi connectivity index (χ3n) is 3.82. The van der Waals surface area contributed by atoms with Gasteiger partial charge in [-0.3, -0.25) is 4.79 Å². The van der Waals surface area contributed by atoms with Crippen LogP contribution in [0.2, 0.25) is 0 Å². The molecule has 0 bridgehead atoms. The van der Waals surface area contributed by atoms with Gasteiger partial charge in [0.15, 0.2) is 11.5 Å². The van der Waals surface area contributed by atoms with Crippen molar-refractivity contribution < 1.29 is 15.0 Å². The molecule has 0 aliphatic heterocycles. The molecule has 1 amide bonds. The molecule has 0 saturated carbocycles. The van der Waals surface area contributed by atoms with Crippen LogP contribution in [-0.4, -0.2) is 29.2 Å². The molecule has 1 aromatic rings. The van der Waals surface area contributed by atoms with Crippen molar-refractivity contribution in [3.63, 3.8) is 0 Å². The highest BCUT2D eigenvalue weighted by atomic mass is 16.3. The number of carbonyl (C=O) groups is 1. The van der Waals surface area contributed by atoms with Gasteiger partial charge in [0.05, 0.1) is 5.56 Å². The van der Waals surface area contributed by atoms with Crippen LogP contribution >= 0.6 is 0 Å². The van der Waals surface area contributed by atoms with Gasteiger partial charge in [-0.05, 0) is 36.9 Å². The van der Waals surface area contributed by atoms with E-state index in [1.54, 1.807) is 0 Å². The number of nitrogens with two attached hydrogens (primary N) is 1. The first-order valence-electron chi connectivity index (χ1n) is 6.49. The minimum atomic E-state index is -0.409. The second kappa shape index (κ2) is 6.43. The smallest absolute Gasteiger partial charge is 0.255 e. The number of rotatable bonds is 6. The normalized spacial score (nSPS) is 11.3. The lowest BCUT2D eigenvalue weighted by atomic mass is 9.82. The summed E-state index contributed by atoms with van der Waals surface area (Å²) in [6.45, 7) is 5.01. The number of hydrogen-bond acceptors (Lipinski definition) is 4. The van der Waals surface area contributed by atoms with Gasteiger partial charge in [0.25, 0.3) is 5.91 Å². The standard InChI is InChI=1S/C14H22N2O3/c1-3-14(4-2,8-15)9-16-13(19)10-6-5-7-11(17)12(10)18/h5-7,17-18H,3-4,8-9,15H2,1-2H3,(H,16,19). The van der Waals surface area contributed by atoms with E-state index >= 15 is 0 Å². The average Bonchev–Trinajstić information content (AvgIpc) is 2.44. The van der Waals surface area contributed by atoms with Crippen LogP contribution in [0.5, 0.6) is 11.5 Å². The molecule has 1 rings (SSSR count). The summed E-state index contributed by atoms with van der Waals surface area (Å²) in [4.78, 5) is 12.0. The van der Waals surface area contributed by atoms with Crippen molar-refractivity contribution in [3.05, 3.63) is 23.8 Å². The number of phenols is 2. The van der Waals surface area contributed by atoms with Crippen molar-refractivity contribution >= 4 is 5.91 Å². The van der Waals surface area contributed by atoms with Crippen LogP contribution in [-0.2, 0) is 0 Å². The van der Waals surface area contributed by atoms with Gasteiger partial charge in [-0.2, -0.15) is 0 Å². The maximum atomic E-state index is 12.0. The Labute approximate surface area is 113 Å². The van der Waals surface area contributed by atoms with Crippen LogP contribution in [0.4, 0.5) is 0 Å². The topological polar surface area (TPSA) is 95.6 Å². The molecular formula is C14H22N2O3. The van der Waals surface area contributed by atoms with E-state index in [1.807, 2.05) is 13.8 Å². The second-order valence-corrected chi connectivity index (χ2v) is 4.77. The van der Waals surface area contributed by atoms with E-state index in [9.17, 15) is 15.0 Å². The Morgan fingerprint density at radius 2 is 1.95 bits per heavy atom. The summed E-state index contributed by atoms with van der Waals surface area (Å²) in [5.74, 6) is -1.11. The highest BCUT2D eigenvalue weighted by Gasteiger charge is 2.25. The number of phenolic OH excluding ortho intramolecular Hbond substituents is 2. The van der Waals surface area contributed by atoms with E-state index in [0.29, 0.717) is 13.1 Å². The molecular weight excluding hydrogens is 244 g/mol. The van der Waals surface area contributed by atoms with Crippen LogP contribution < -0.4 is 11.1 Å².